The lowest BCUT2D eigenvalue weighted by molar-refractivity contribution is 1.39. The van der Waals surface area contributed by atoms with E-state index < -0.39 is 11.1 Å². The van der Waals surface area contributed by atoms with Crippen molar-refractivity contribution in [2.45, 2.75) is 0 Å². The molecule has 0 aromatic heterocycles. The highest BCUT2D eigenvalue weighted by atomic mass is 32.9. The third-order valence-corrected chi connectivity index (χ3v) is 16.7. The molecule has 1 aliphatic heterocycles. The van der Waals surface area contributed by atoms with Crippen molar-refractivity contribution in [3.8, 4) is 12.1 Å². The normalized spacial score (nSPS) is 25.5. The summed E-state index contributed by atoms with van der Waals surface area (Å²) >= 11 is 21.0. The number of nitrogens with zero attached hydrogens (tertiary/aromatic N) is 4. The van der Waals surface area contributed by atoms with Crippen molar-refractivity contribution in [3.05, 3.63) is 59.7 Å². The molecule has 0 saturated carbocycles. The molecule has 0 unspecified atom stereocenters. The average molecular weight is 424 g/mol. The number of hydrogen-bond acceptors (Lipinski definition) is 4. The molecule has 3 rings (SSSR count). The van der Waals surface area contributed by atoms with Crippen molar-refractivity contribution >= 4 is 70.6 Å². The highest BCUT2D eigenvalue weighted by molar-refractivity contribution is 8.80. The zero-order chi connectivity index (χ0) is 17.5. The molecule has 2 aromatic rings. The number of nitriles is 2. The summed E-state index contributed by atoms with van der Waals surface area (Å²) in [6.45, 7) is 0. The minimum atomic E-state index is -2.57. The van der Waals surface area contributed by atoms with E-state index in [9.17, 15) is 10.5 Å². The van der Waals surface area contributed by atoms with E-state index in [2.05, 4.69) is 12.1 Å². The number of rotatable bonds is 2. The Balaban J connectivity index is 2.17. The molecule has 120 valence electrons. The molecule has 1 fully saturated rings. The van der Waals surface area contributed by atoms with Crippen LogP contribution in [0.5, 0.6) is 0 Å². The molecule has 10 heteroatoms. The number of para-hydroxylation sites is 2. The number of hydrogen-bond donors (Lipinski definition) is 2. The van der Waals surface area contributed by atoms with Crippen molar-refractivity contribution in [1.82, 2.24) is 0 Å². The Kier molecular flexibility index (Phi) is 4.75. The number of thiol groups is 2. The molecule has 0 N–H and O–H groups in total. The van der Waals surface area contributed by atoms with Gasteiger partial charge in [0.05, 0.1) is 22.5 Å². The number of anilines is 2. The van der Waals surface area contributed by atoms with Gasteiger partial charge >= 0.3 is 0 Å². The molecule has 1 aliphatic rings. The Morgan fingerprint density at radius 3 is 1.42 bits per heavy atom. The predicted octanol–water partition coefficient (Wildman–Crippen LogP) is 5.07. The minimum absolute atomic E-state index is 0.484. The maximum Gasteiger partial charge on any atom is 0.188 e. The molecule has 1 saturated heterocycles. The van der Waals surface area contributed by atoms with Crippen molar-refractivity contribution in [1.29, 1.82) is 10.5 Å². The first kappa shape index (κ1) is 17.8. The minimum Gasteiger partial charge on any atom is -0.266 e. The first-order chi connectivity index (χ1) is 11.4. The molecule has 0 amide bonds. The van der Waals surface area contributed by atoms with Crippen molar-refractivity contribution in [3.63, 3.8) is 0 Å². The Bertz CT molecular complexity index is 913. The van der Waals surface area contributed by atoms with Crippen LogP contribution in [0.4, 0.5) is 11.4 Å². The summed E-state index contributed by atoms with van der Waals surface area (Å²) in [6, 6.07) is 18.6. The van der Waals surface area contributed by atoms with Gasteiger partial charge in [-0.05, 0) is 47.9 Å². The molecular formula is C14H10N4P2S4. The second-order valence-corrected chi connectivity index (χ2v) is 17.2. The van der Waals surface area contributed by atoms with Crippen LogP contribution in [0.2, 0.25) is 0 Å². The molecular weight excluding hydrogens is 414 g/mol. The molecule has 0 bridgehead atoms. The van der Waals surface area contributed by atoms with Crippen LogP contribution in [-0.2, 0) is 23.6 Å². The van der Waals surface area contributed by atoms with Gasteiger partial charge in [-0.1, -0.05) is 24.3 Å². The first-order valence-electron chi connectivity index (χ1n) is 6.61. The second kappa shape index (κ2) is 6.39. The summed E-state index contributed by atoms with van der Waals surface area (Å²) in [5.41, 5.74) is -2.86. The van der Waals surface area contributed by atoms with E-state index in [1.54, 1.807) is 36.4 Å². The van der Waals surface area contributed by atoms with E-state index in [4.69, 9.17) is 48.1 Å². The topological polar surface area (TPSA) is 54.1 Å². The van der Waals surface area contributed by atoms with E-state index in [0.717, 1.165) is 0 Å². The van der Waals surface area contributed by atoms with Crippen LogP contribution in [0.15, 0.2) is 48.5 Å². The molecule has 0 spiro atoms. The van der Waals surface area contributed by atoms with Gasteiger partial charge in [-0.3, -0.25) is 8.88 Å². The average Bonchev–Trinajstić information content (AvgIpc) is 2.54. The summed E-state index contributed by atoms with van der Waals surface area (Å²) in [5, 5.41) is 18.7. The van der Waals surface area contributed by atoms with Gasteiger partial charge in [-0.25, -0.2) is 0 Å². The van der Waals surface area contributed by atoms with E-state index in [-0.39, 0.29) is 0 Å². The molecule has 0 atom stereocenters. The van der Waals surface area contributed by atoms with Gasteiger partial charge in [-0.2, -0.15) is 10.5 Å². The smallest absolute Gasteiger partial charge is 0.188 e. The molecule has 0 radical (unpaired) electrons. The molecule has 24 heavy (non-hydrogen) atoms. The van der Waals surface area contributed by atoms with Crippen LogP contribution < -0.4 is 8.88 Å². The third-order valence-electron chi connectivity index (χ3n) is 3.47. The van der Waals surface area contributed by atoms with Crippen LogP contribution in [0, 0.1) is 22.7 Å². The van der Waals surface area contributed by atoms with Gasteiger partial charge in [0, 0.05) is 0 Å². The van der Waals surface area contributed by atoms with Crippen molar-refractivity contribution in [2.24, 2.45) is 0 Å². The summed E-state index contributed by atoms with van der Waals surface area (Å²) in [5.74, 6) is 0. The van der Waals surface area contributed by atoms with Gasteiger partial charge in [0.25, 0.3) is 0 Å². The van der Waals surface area contributed by atoms with Crippen LogP contribution >= 0.6 is 35.6 Å². The van der Waals surface area contributed by atoms with Gasteiger partial charge in [0.1, 0.15) is 12.1 Å². The van der Waals surface area contributed by atoms with E-state index in [1.807, 2.05) is 21.0 Å². The fourth-order valence-electron chi connectivity index (χ4n) is 2.48. The van der Waals surface area contributed by atoms with Gasteiger partial charge in [0.15, 0.2) is 11.1 Å². The Morgan fingerprint density at radius 2 is 1.08 bits per heavy atom. The maximum atomic E-state index is 9.37. The van der Waals surface area contributed by atoms with Crippen LogP contribution in [0.3, 0.4) is 0 Å². The van der Waals surface area contributed by atoms with Gasteiger partial charge in [-0.15, -0.1) is 24.5 Å². The highest BCUT2D eigenvalue weighted by Crippen LogP contribution is 2.91. The Hall–Kier alpha value is -0.980. The monoisotopic (exact) mass is 424 g/mol. The third kappa shape index (κ3) is 2.59. The maximum absolute atomic E-state index is 9.37. The first-order valence-corrected chi connectivity index (χ1v) is 14.3. The highest BCUT2D eigenvalue weighted by Gasteiger charge is 2.55. The van der Waals surface area contributed by atoms with Crippen LogP contribution in [-0.4, -0.2) is 0 Å². The molecule has 1 heterocycles. The Labute approximate surface area is 161 Å². The molecule has 0 aliphatic carbocycles. The van der Waals surface area contributed by atoms with E-state index in [1.165, 1.54) is 0 Å². The molecule has 4 nitrogen and oxygen atoms in total. The quantitative estimate of drug-likeness (QED) is 0.519. The summed E-state index contributed by atoms with van der Waals surface area (Å²) in [4.78, 5) is 0. The summed E-state index contributed by atoms with van der Waals surface area (Å²) in [7, 11) is 0. The summed E-state index contributed by atoms with van der Waals surface area (Å²) in [6.07, 6.45) is 0. The summed E-state index contributed by atoms with van der Waals surface area (Å²) < 4.78 is 3.65. The van der Waals surface area contributed by atoms with E-state index >= 15 is 0 Å². The zero-order valence-corrected chi connectivity index (χ0v) is 17.2. The van der Waals surface area contributed by atoms with Crippen LogP contribution in [0.1, 0.15) is 11.1 Å². The fourth-order valence-corrected chi connectivity index (χ4v) is 21.6. The molecule has 2 aromatic carbocycles. The van der Waals surface area contributed by atoms with Gasteiger partial charge < -0.3 is 0 Å². The lowest BCUT2D eigenvalue weighted by atomic mass is 10.2. The van der Waals surface area contributed by atoms with Gasteiger partial charge in [0.2, 0.25) is 0 Å². The largest absolute Gasteiger partial charge is 0.266 e. The van der Waals surface area contributed by atoms with E-state index in [0.29, 0.717) is 22.5 Å². The lowest BCUT2D eigenvalue weighted by Crippen LogP contribution is -2.38. The standard InChI is InChI=1S/C14H10N4P2S4/c15-9-11-5-1-3-7-13(11)17-19(21,22)18(20(17,23)24)14-8-4-2-6-12(14)10-16/h1-8H,(H,21,22)(H,23,24). The van der Waals surface area contributed by atoms with Crippen molar-refractivity contribution < 1.29 is 0 Å². The Morgan fingerprint density at radius 1 is 0.750 bits per heavy atom. The van der Waals surface area contributed by atoms with Crippen molar-refractivity contribution in [2.75, 3.05) is 8.88 Å². The lowest BCUT2D eigenvalue weighted by Gasteiger charge is -2.59. The SMILES string of the molecule is N#Cc1ccccc1N1P(=S)(S)N(c2ccccc2C#N)P1(=S)S. The van der Waals surface area contributed by atoms with Crippen LogP contribution in [0.25, 0.3) is 0 Å². The zero-order valence-electron chi connectivity index (χ0n) is 12.0. The second-order valence-electron chi connectivity index (χ2n) is 4.86. The predicted molar refractivity (Wildman–Crippen MR) is 114 cm³/mol. The fraction of sp³-hybridized carbons (Fsp3) is 0. The number of benzene rings is 2.